The summed E-state index contributed by atoms with van der Waals surface area (Å²) in [7, 11) is 0. The fourth-order valence-corrected chi connectivity index (χ4v) is 2.32. The van der Waals surface area contributed by atoms with E-state index in [9.17, 15) is 4.79 Å². The molecule has 1 aliphatic rings. The molecule has 2 N–H and O–H groups in total. The van der Waals surface area contributed by atoms with Crippen molar-refractivity contribution in [1.82, 2.24) is 14.9 Å². The minimum Gasteiger partial charge on any atom is -0.365 e. The van der Waals surface area contributed by atoms with Crippen molar-refractivity contribution in [3.8, 4) is 0 Å². The third-order valence-corrected chi connectivity index (χ3v) is 3.37. The van der Waals surface area contributed by atoms with Gasteiger partial charge in [-0.2, -0.15) is 0 Å². The van der Waals surface area contributed by atoms with Gasteiger partial charge in [-0.15, -0.1) is 0 Å². The van der Waals surface area contributed by atoms with E-state index in [-0.39, 0.29) is 11.6 Å². The van der Waals surface area contributed by atoms with Gasteiger partial charge in [0.15, 0.2) is 5.82 Å². The first-order valence-electron chi connectivity index (χ1n) is 6.73. The second-order valence-electron chi connectivity index (χ2n) is 5.09. The average Bonchev–Trinajstić information content (AvgIpc) is 2.84. The van der Waals surface area contributed by atoms with Crippen LogP contribution in [0.2, 0.25) is 0 Å². The van der Waals surface area contributed by atoms with Crippen molar-refractivity contribution >= 4 is 5.82 Å². The lowest BCUT2D eigenvalue weighted by atomic mass is 10.1. The summed E-state index contributed by atoms with van der Waals surface area (Å²) in [6.07, 6.45) is 6.94. The Morgan fingerprint density at radius 3 is 3.11 bits per heavy atom. The molecule has 5 heteroatoms. The molecule has 0 aliphatic carbocycles. The molecule has 18 heavy (non-hydrogen) atoms. The molecule has 0 aromatic carbocycles. The Morgan fingerprint density at radius 1 is 1.61 bits per heavy atom. The molecule has 100 valence electrons. The summed E-state index contributed by atoms with van der Waals surface area (Å²) in [5, 5.41) is 6.59. The first-order chi connectivity index (χ1) is 8.68. The molecule has 0 bridgehead atoms. The maximum absolute atomic E-state index is 12.1. The maximum atomic E-state index is 12.1. The molecule has 2 heterocycles. The predicted molar refractivity (Wildman–Crippen MR) is 73.0 cm³/mol. The van der Waals surface area contributed by atoms with E-state index in [4.69, 9.17) is 0 Å². The Labute approximate surface area is 108 Å². The lowest BCUT2D eigenvalue weighted by molar-refractivity contribution is 0.566. The number of anilines is 1. The Balaban J connectivity index is 1.92. The number of hydrogen-bond acceptors (Lipinski definition) is 4. The van der Waals surface area contributed by atoms with Gasteiger partial charge in [-0.3, -0.25) is 4.79 Å². The van der Waals surface area contributed by atoms with Crippen LogP contribution in [0.25, 0.3) is 0 Å². The minimum absolute atomic E-state index is 0.0353. The molecule has 0 amide bonds. The summed E-state index contributed by atoms with van der Waals surface area (Å²) in [5.74, 6) is 0.462. The zero-order chi connectivity index (χ0) is 13.0. The van der Waals surface area contributed by atoms with Crippen molar-refractivity contribution in [3.05, 3.63) is 22.7 Å². The van der Waals surface area contributed by atoms with Crippen LogP contribution >= 0.6 is 0 Å². The first-order valence-corrected chi connectivity index (χ1v) is 6.73. The highest BCUT2D eigenvalue weighted by molar-refractivity contribution is 5.30. The van der Waals surface area contributed by atoms with E-state index in [1.54, 1.807) is 17.0 Å². The predicted octanol–water partition coefficient (Wildman–Crippen LogP) is 1.38. The molecule has 1 aromatic rings. The lowest BCUT2D eigenvalue weighted by Crippen LogP contribution is -2.28. The van der Waals surface area contributed by atoms with Crippen LogP contribution in [0.4, 0.5) is 5.82 Å². The summed E-state index contributed by atoms with van der Waals surface area (Å²) >= 11 is 0. The number of rotatable bonds is 5. The third-order valence-electron chi connectivity index (χ3n) is 3.37. The van der Waals surface area contributed by atoms with E-state index in [0.29, 0.717) is 11.9 Å². The first kappa shape index (κ1) is 13.1. The smallest absolute Gasteiger partial charge is 0.293 e. The quantitative estimate of drug-likeness (QED) is 0.829. The fraction of sp³-hybridized carbons (Fsp3) is 0.692. The van der Waals surface area contributed by atoms with E-state index in [0.717, 1.165) is 19.5 Å². The molecule has 1 saturated heterocycles. The Hall–Kier alpha value is -1.36. The molecule has 0 spiro atoms. The van der Waals surface area contributed by atoms with Gasteiger partial charge in [-0.1, -0.05) is 0 Å². The Bertz CT molecular complexity index is 435. The van der Waals surface area contributed by atoms with Crippen molar-refractivity contribution in [3.63, 3.8) is 0 Å². The fourth-order valence-electron chi connectivity index (χ4n) is 2.32. The third kappa shape index (κ3) is 3.10. The summed E-state index contributed by atoms with van der Waals surface area (Å²) in [5.41, 5.74) is -0.0353. The molecule has 1 fully saturated rings. The summed E-state index contributed by atoms with van der Waals surface area (Å²) in [6, 6.07) is 0.756. The van der Waals surface area contributed by atoms with E-state index in [1.165, 1.54) is 12.8 Å². The van der Waals surface area contributed by atoms with E-state index >= 15 is 0 Å². The van der Waals surface area contributed by atoms with Gasteiger partial charge in [0, 0.05) is 31.0 Å². The summed E-state index contributed by atoms with van der Waals surface area (Å²) in [6.45, 7) is 5.90. The number of nitrogens with zero attached hydrogens (tertiary/aromatic N) is 2. The van der Waals surface area contributed by atoms with Crippen LogP contribution in [-0.4, -0.2) is 28.7 Å². The van der Waals surface area contributed by atoms with E-state index in [1.807, 2.05) is 13.8 Å². The minimum atomic E-state index is -0.0353. The molecule has 1 atom stereocenters. The molecule has 2 rings (SSSR count). The highest BCUT2D eigenvalue weighted by Crippen LogP contribution is 2.08. The molecule has 0 radical (unpaired) electrons. The van der Waals surface area contributed by atoms with Crippen molar-refractivity contribution in [2.45, 2.75) is 45.2 Å². The molecular weight excluding hydrogens is 228 g/mol. The molecule has 0 saturated carbocycles. The van der Waals surface area contributed by atoms with Gasteiger partial charge >= 0.3 is 0 Å². The van der Waals surface area contributed by atoms with Crippen LogP contribution in [0.3, 0.4) is 0 Å². The van der Waals surface area contributed by atoms with Gasteiger partial charge in [0.2, 0.25) is 0 Å². The highest BCUT2D eigenvalue weighted by Gasteiger charge is 2.13. The van der Waals surface area contributed by atoms with Gasteiger partial charge < -0.3 is 15.2 Å². The van der Waals surface area contributed by atoms with Crippen LogP contribution in [0.5, 0.6) is 0 Å². The topological polar surface area (TPSA) is 59.0 Å². The van der Waals surface area contributed by atoms with Crippen LogP contribution in [0, 0.1) is 0 Å². The van der Waals surface area contributed by atoms with Crippen LogP contribution in [0.1, 0.15) is 39.2 Å². The molecule has 0 unspecified atom stereocenters. The second-order valence-corrected chi connectivity index (χ2v) is 5.09. The van der Waals surface area contributed by atoms with Crippen molar-refractivity contribution in [2.24, 2.45) is 0 Å². The monoisotopic (exact) mass is 250 g/mol. The molecule has 5 nitrogen and oxygen atoms in total. The standard InChI is InChI=1S/C13H22N4O/c1-10(2)17-9-8-16-12(13(17)18)15-7-5-11-4-3-6-14-11/h8-11,14H,3-7H2,1-2H3,(H,15,16)/t11-/m1/s1. The average molecular weight is 250 g/mol. The number of hydrogen-bond donors (Lipinski definition) is 2. The van der Waals surface area contributed by atoms with Gasteiger partial charge in [0.05, 0.1) is 0 Å². The normalized spacial score (nSPS) is 19.4. The Morgan fingerprint density at radius 2 is 2.44 bits per heavy atom. The van der Waals surface area contributed by atoms with Gasteiger partial charge in [0.25, 0.3) is 5.56 Å². The van der Waals surface area contributed by atoms with Crippen molar-refractivity contribution < 1.29 is 0 Å². The van der Waals surface area contributed by atoms with Crippen molar-refractivity contribution in [1.29, 1.82) is 0 Å². The lowest BCUT2D eigenvalue weighted by Gasteiger charge is -2.13. The maximum Gasteiger partial charge on any atom is 0.293 e. The van der Waals surface area contributed by atoms with Gasteiger partial charge in [-0.05, 0) is 39.7 Å². The molecule has 1 aromatic heterocycles. The molecule has 1 aliphatic heterocycles. The molecular formula is C13H22N4O. The van der Waals surface area contributed by atoms with Gasteiger partial charge in [-0.25, -0.2) is 4.98 Å². The van der Waals surface area contributed by atoms with Crippen LogP contribution in [-0.2, 0) is 0 Å². The number of aromatic nitrogens is 2. The van der Waals surface area contributed by atoms with Gasteiger partial charge in [0.1, 0.15) is 0 Å². The zero-order valence-corrected chi connectivity index (χ0v) is 11.1. The van der Waals surface area contributed by atoms with Crippen molar-refractivity contribution in [2.75, 3.05) is 18.4 Å². The highest BCUT2D eigenvalue weighted by atomic mass is 16.1. The SMILES string of the molecule is CC(C)n1ccnc(NCC[C@H]2CCCN2)c1=O. The largest absolute Gasteiger partial charge is 0.365 e. The van der Waals surface area contributed by atoms with E-state index < -0.39 is 0 Å². The summed E-state index contributed by atoms with van der Waals surface area (Å²) < 4.78 is 1.70. The van der Waals surface area contributed by atoms with Crippen LogP contribution in [0.15, 0.2) is 17.2 Å². The summed E-state index contributed by atoms with van der Waals surface area (Å²) in [4.78, 5) is 16.2. The Kier molecular flexibility index (Phi) is 4.36. The second kappa shape index (κ2) is 6.00. The number of nitrogens with one attached hydrogen (secondary N) is 2. The zero-order valence-electron chi connectivity index (χ0n) is 11.1. The van der Waals surface area contributed by atoms with Crippen LogP contribution < -0.4 is 16.2 Å². The van der Waals surface area contributed by atoms with E-state index in [2.05, 4.69) is 15.6 Å².